The van der Waals surface area contributed by atoms with Gasteiger partial charge in [-0.3, -0.25) is 4.55 Å². The summed E-state index contributed by atoms with van der Waals surface area (Å²) >= 11 is 0. The van der Waals surface area contributed by atoms with Crippen LogP contribution in [0.5, 0.6) is 0 Å². The van der Waals surface area contributed by atoms with Gasteiger partial charge in [0.2, 0.25) is 0 Å². The van der Waals surface area contributed by atoms with E-state index in [0.29, 0.717) is 6.42 Å². The van der Waals surface area contributed by atoms with Crippen LogP contribution >= 0.6 is 0 Å². The smallest absolute Gasteiger partial charge is 0.282 e. The summed E-state index contributed by atoms with van der Waals surface area (Å²) in [6.07, 6.45) is 0.707. The summed E-state index contributed by atoms with van der Waals surface area (Å²) in [5.41, 5.74) is 4.44. The third kappa shape index (κ3) is 3.57. The molecule has 6 rings (SSSR count). The maximum atomic E-state index is 12.0. The lowest BCUT2D eigenvalue weighted by atomic mass is 9.88. The first kappa shape index (κ1) is 21.8. The van der Waals surface area contributed by atoms with E-state index in [9.17, 15) is 13.0 Å². The van der Waals surface area contributed by atoms with Crippen LogP contribution in [0, 0.1) is 13.8 Å². The van der Waals surface area contributed by atoms with Crippen molar-refractivity contribution >= 4 is 53.2 Å². The second kappa shape index (κ2) is 7.91. The van der Waals surface area contributed by atoms with Crippen LogP contribution in [0.25, 0.3) is 43.1 Å². The average molecular weight is 477 g/mol. The van der Waals surface area contributed by atoms with Gasteiger partial charge in [0, 0.05) is 0 Å². The predicted molar refractivity (Wildman–Crippen MR) is 145 cm³/mol. The molecule has 0 aliphatic carbocycles. The van der Waals surface area contributed by atoms with Crippen LogP contribution in [0.2, 0.25) is 0 Å². The fourth-order valence-corrected chi connectivity index (χ4v) is 6.11. The molecule has 172 valence electrons. The first-order chi connectivity index (χ1) is 16.8. The van der Waals surface area contributed by atoms with E-state index in [4.69, 9.17) is 0 Å². The fraction of sp³-hybridized carbons (Fsp3) is 0.0968. The molecule has 1 N–H and O–H groups in total. The van der Waals surface area contributed by atoms with Gasteiger partial charge in [-0.25, -0.2) is 0 Å². The number of fused-ring (bicyclic) bond motifs is 6. The van der Waals surface area contributed by atoms with Crippen molar-refractivity contribution in [2.75, 3.05) is 0 Å². The lowest BCUT2D eigenvalue weighted by Gasteiger charge is -2.17. The minimum atomic E-state index is -4.32. The van der Waals surface area contributed by atoms with E-state index in [1.807, 2.05) is 25.1 Å². The summed E-state index contributed by atoms with van der Waals surface area (Å²) < 4.78 is 33.8. The zero-order valence-electron chi connectivity index (χ0n) is 19.5. The molecular formula is C31H24O3S. The van der Waals surface area contributed by atoms with Gasteiger partial charge < -0.3 is 0 Å². The normalized spacial score (nSPS) is 12.2. The van der Waals surface area contributed by atoms with Crippen LogP contribution < -0.4 is 0 Å². The fourth-order valence-electron chi connectivity index (χ4n) is 5.52. The van der Waals surface area contributed by atoms with Gasteiger partial charge in [0.05, 0.1) is 4.90 Å². The van der Waals surface area contributed by atoms with Gasteiger partial charge in [0.1, 0.15) is 0 Å². The van der Waals surface area contributed by atoms with Crippen molar-refractivity contribution in [3.05, 3.63) is 113 Å². The Morgan fingerprint density at radius 3 is 2.03 bits per heavy atom. The number of hydrogen-bond donors (Lipinski definition) is 1. The third-order valence-electron chi connectivity index (χ3n) is 7.10. The Morgan fingerprint density at radius 1 is 0.600 bits per heavy atom. The standard InChI is InChI=1S/C31H24O3S/c1-19-8-7-13-28-27-12-6-5-11-26(27)22(17-29(19)28)16-23-15-21-9-3-4-10-25(21)30-18-24(35(32,33)34)14-20(2)31(23)30/h3-15,17-18H,16H2,1-2H3,(H,32,33,34). The molecule has 6 aromatic carbocycles. The summed E-state index contributed by atoms with van der Waals surface area (Å²) in [7, 11) is -4.32. The first-order valence-corrected chi connectivity index (χ1v) is 13.1. The maximum absolute atomic E-state index is 12.0. The van der Waals surface area contributed by atoms with E-state index < -0.39 is 10.1 Å². The summed E-state index contributed by atoms with van der Waals surface area (Å²) in [4.78, 5) is -0.0726. The lowest BCUT2D eigenvalue weighted by molar-refractivity contribution is 0.483. The van der Waals surface area contributed by atoms with Gasteiger partial charge in [0.15, 0.2) is 0 Å². The Kier molecular flexibility index (Phi) is 4.92. The topological polar surface area (TPSA) is 54.4 Å². The molecule has 0 aromatic heterocycles. The Labute approximate surface area is 204 Å². The van der Waals surface area contributed by atoms with Crippen molar-refractivity contribution in [3.8, 4) is 0 Å². The molecule has 0 saturated heterocycles. The van der Waals surface area contributed by atoms with E-state index in [-0.39, 0.29) is 4.90 Å². The summed E-state index contributed by atoms with van der Waals surface area (Å²) in [6.45, 7) is 4.06. The highest BCUT2D eigenvalue weighted by atomic mass is 32.2. The van der Waals surface area contributed by atoms with Crippen LogP contribution in [0.3, 0.4) is 0 Å². The predicted octanol–water partition coefficient (Wildman–Crippen LogP) is 7.75. The minimum absolute atomic E-state index is 0.0726. The second-order valence-corrected chi connectivity index (χ2v) is 10.7. The Balaban J connectivity index is 1.68. The molecule has 0 unspecified atom stereocenters. The van der Waals surface area contributed by atoms with Crippen LogP contribution in [0.15, 0.2) is 95.9 Å². The van der Waals surface area contributed by atoms with Crippen molar-refractivity contribution in [2.45, 2.75) is 25.2 Å². The van der Waals surface area contributed by atoms with Gasteiger partial charge in [-0.1, -0.05) is 72.8 Å². The Bertz CT molecular complexity index is 1920. The molecule has 0 aliphatic rings. The van der Waals surface area contributed by atoms with Crippen molar-refractivity contribution in [1.29, 1.82) is 0 Å². The molecule has 0 fully saturated rings. The van der Waals surface area contributed by atoms with Crippen molar-refractivity contribution < 1.29 is 13.0 Å². The van der Waals surface area contributed by atoms with Crippen LogP contribution in [0.1, 0.15) is 22.3 Å². The minimum Gasteiger partial charge on any atom is -0.282 e. The molecule has 0 atom stereocenters. The summed E-state index contributed by atoms with van der Waals surface area (Å²) in [5, 5.41) is 8.84. The molecule has 6 aromatic rings. The molecule has 0 radical (unpaired) electrons. The monoisotopic (exact) mass is 476 g/mol. The molecular weight excluding hydrogens is 452 g/mol. The largest absolute Gasteiger partial charge is 0.294 e. The number of hydrogen-bond acceptors (Lipinski definition) is 2. The van der Waals surface area contributed by atoms with Gasteiger partial charge in [-0.2, -0.15) is 8.42 Å². The molecule has 3 nitrogen and oxygen atoms in total. The number of rotatable bonds is 3. The number of benzene rings is 6. The lowest BCUT2D eigenvalue weighted by Crippen LogP contribution is -2.01. The quantitative estimate of drug-likeness (QED) is 0.210. The summed E-state index contributed by atoms with van der Waals surface area (Å²) in [6, 6.07) is 30.7. The van der Waals surface area contributed by atoms with E-state index in [2.05, 4.69) is 67.6 Å². The van der Waals surface area contributed by atoms with Crippen molar-refractivity contribution in [3.63, 3.8) is 0 Å². The highest BCUT2D eigenvalue weighted by molar-refractivity contribution is 7.85. The van der Waals surface area contributed by atoms with Crippen LogP contribution in [0.4, 0.5) is 0 Å². The molecule has 35 heavy (non-hydrogen) atoms. The maximum Gasteiger partial charge on any atom is 0.294 e. The Morgan fingerprint density at radius 2 is 1.26 bits per heavy atom. The average Bonchev–Trinajstić information content (AvgIpc) is 2.84. The zero-order chi connectivity index (χ0) is 24.3. The summed E-state index contributed by atoms with van der Waals surface area (Å²) in [5.74, 6) is 0. The molecule has 0 heterocycles. The molecule has 0 bridgehead atoms. The first-order valence-electron chi connectivity index (χ1n) is 11.6. The molecule has 0 amide bonds. The van der Waals surface area contributed by atoms with Gasteiger partial charge in [-0.05, 0) is 104 Å². The highest BCUT2D eigenvalue weighted by Gasteiger charge is 2.17. The van der Waals surface area contributed by atoms with Crippen molar-refractivity contribution in [2.24, 2.45) is 0 Å². The third-order valence-corrected chi connectivity index (χ3v) is 7.93. The molecule has 0 saturated carbocycles. The van der Waals surface area contributed by atoms with Gasteiger partial charge in [-0.15, -0.1) is 0 Å². The van der Waals surface area contributed by atoms with Gasteiger partial charge in [0.25, 0.3) is 10.1 Å². The molecule has 4 heteroatoms. The Hall–Kier alpha value is -3.73. The van der Waals surface area contributed by atoms with Crippen molar-refractivity contribution in [1.82, 2.24) is 0 Å². The van der Waals surface area contributed by atoms with E-state index >= 15 is 0 Å². The van der Waals surface area contributed by atoms with E-state index in [0.717, 1.165) is 32.7 Å². The second-order valence-electron chi connectivity index (χ2n) is 9.32. The SMILES string of the molecule is Cc1cccc2c1cc(Cc1cc3ccccc3c3cc(S(=O)(=O)O)cc(C)c13)c1ccccc12. The van der Waals surface area contributed by atoms with Crippen LogP contribution in [-0.2, 0) is 16.5 Å². The zero-order valence-corrected chi connectivity index (χ0v) is 20.4. The number of aryl methyl sites for hydroxylation is 2. The van der Waals surface area contributed by atoms with Gasteiger partial charge >= 0.3 is 0 Å². The highest BCUT2D eigenvalue weighted by Crippen LogP contribution is 2.37. The molecule has 0 spiro atoms. The van der Waals surface area contributed by atoms with E-state index in [1.54, 1.807) is 12.1 Å². The van der Waals surface area contributed by atoms with Crippen LogP contribution in [-0.4, -0.2) is 13.0 Å². The molecule has 0 aliphatic heterocycles. The van der Waals surface area contributed by atoms with E-state index in [1.165, 1.54) is 32.7 Å².